The number of hydrogen-bond donors (Lipinski definition) is 1. The number of fused-ring (bicyclic) bond motifs is 1. The van der Waals surface area contributed by atoms with Crippen LogP contribution in [0.4, 0.5) is 11.4 Å². The predicted octanol–water partition coefficient (Wildman–Crippen LogP) is 3.73. The first-order valence-electron chi connectivity index (χ1n) is 8.82. The van der Waals surface area contributed by atoms with Crippen molar-refractivity contribution in [3.8, 4) is 0 Å². The maximum atomic E-state index is 13.1. The van der Waals surface area contributed by atoms with Crippen molar-refractivity contribution in [3.05, 3.63) is 53.6 Å². The minimum atomic E-state index is -3.63. The highest BCUT2D eigenvalue weighted by molar-refractivity contribution is 7.92. The molecule has 0 saturated carbocycles. The molecule has 0 radical (unpaired) electrons. The van der Waals surface area contributed by atoms with E-state index in [-0.39, 0.29) is 16.7 Å². The van der Waals surface area contributed by atoms with Gasteiger partial charge in [-0.2, -0.15) is 0 Å². The van der Waals surface area contributed by atoms with Gasteiger partial charge < -0.3 is 5.32 Å². The van der Waals surface area contributed by atoms with Gasteiger partial charge in [0, 0.05) is 18.2 Å². The van der Waals surface area contributed by atoms with E-state index < -0.39 is 10.0 Å². The molecule has 1 N–H and O–H groups in total. The Bertz CT molecular complexity index is 919. The van der Waals surface area contributed by atoms with Crippen LogP contribution in [-0.4, -0.2) is 20.9 Å². The number of benzene rings is 2. The Morgan fingerprint density at radius 1 is 1.12 bits per heavy atom. The molecule has 0 fully saturated rings. The molecule has 26 heavy (non-hydrogen) atoms. The van der Waals surface area contributed by atoms with Crippen LogP contribution < -0.4 is 9.62 Å². The largest absolute Gasteiger partial charge is 0.326 e. The molecule has 0 aliphatic carbocycles. The van der Waals surface area contributed by atoms with E-state index in [0.717, 1.165) is 24.0 Å². The minimum Gasteiger partial charge on any atom is -0.326 e. The summed E-state index contributed by atoms with van der Waals surface area (Å²) in [7, 11) is -3.63. The van der Waals surface area contributed by atoms with Gasteiger partial charge in [0.05, 0.1) is 10.6 Å². The number of carbonyl (C=O) groups excluding carboxylic acids is 1. The van der Waals surface area contributed by atoms with E-state index in [1.54, 1.807) is 30.3 Å². The number of carbonyl (C=O) groups is 1. The molecule has 138 valence electrons. The number of aryl methyl sites for hydroxylation is 2. The molecule has 0 saturated heterocycles. The number of nitrogens with zero attached hydrogens (tertiary/aromatic N) is 1. The lowest BCUT2D eigenvalue weighted by Gasteiger charge is -2.31. The van der Waals surface area contributed by atoms with Crippen LogP contribution in [0.5, 0.6) is 0 Å². The van der Waals surface area contributed by atoms with Crippen molar-refractivity contribution in [1.29, 1.82) is 0 Å². The first-order chi connectivity index (χ1) is 12.3. The maximum Gasteiger partial charge on any atom is 0.264 e. The van der Waals surface area contributed by atoms with Crippen molar-refractivity contribution in [2.45, 2.75) is 38.5 Å². The molecule has 1 heterocycles. The third-order valence-electron chi connectivity index (χ3n) is 4.56. The zero-order valence-electron chi connectivity index (χ0n) is 15.3. The van der Waals surface area contributed by atoms with E-state index in [2.05, 4.69) is 5.32 Å². The van der Waals surface area contributed by atoms with Gasteiger partial charge >= 0.3 is 0 Å². The highest BCUT2D eigenvalue weighted by Gasteiger charge is 2.29. The van der Waals surface area contributed by atoms with Crippen molar-refractivity contribution in [2.24, 2.45) is 5.92 Å². The molecule has 0 unspecified atom stereocenters. The van der Waals surface area contributed by atoms with E-state index in [1.807, 2.05) is 32.9 Å². The fraction of sp³-hybridized carbons (Fsp3) is 0.350. The first-order valence-corrected chi connectivity index (χ1v) is 10.3. The third-order valence-corrected chi connectivity index (χ3v) is 6.39. The summed E-state index contributed by atoms with van der Waals surface area (Å²) in [4.78, 5) is 12.3. The smallest absolute Gasteiger partial charge is 0.264 e. The SMILES string of the molecule is Cc1ccc(S(=O)(=O)N2CCCc3ccc(NC(=O)C(C)C)cc32)cc1. The van der Waals surface area contributed by atoms with Crippen molar-refractivity contribution in [2.75, 3.05) is 16.2 Å². The number of nitrogens with one attached hydrogen (secondary N) is 1. The Hall–Kier alpha value is -2.34. The average Bonchev–Trinajstić information content (AvgIpc) is 2.61. The van der Waals surface area contributed by atoms with Gasteiger partial charge in [0.25, 0.3) is 10.0 Å². The van der Waals surface area contributed by atoms with Gasteiger partial charge in [-0.05, 0) is 49.6 Å². The molecule has 1 amide bonds. The normalized spacial score (nSPS) is 14.2. The molecule has 3 rings (SSSR count). The van der Waals surface area contributed by atoms with Crippen LogP contribution in [-0.2, 0) is 21.2 Å². The molecule has 0 spiro atoms. The van der Waals surface area contributed by atoms with E-state index >= 15 is 0 Å². The summed E-state index contributed by atoms with van der Waals surface area (Å²) in [5.74, 6) is -0.230. The summed E-state index contributed by atoms with van der Waals surface area (Å²) in [5.41, 5.74) is 3.27. The lowest BCUT2D eigenvalue weighted by atomic mass is 10.0. The van der Waals surface area contributed by atoms with E-state index in [4.69, 9.17) is 0 Å². The van der Waals surface area contributed by atoms with E-state index in [0.29, 0.717) is 17.9 Å². The molecule has 0 aromatic heterocycles. The third kappa shape index (κ3) is 3.60. The lowest BCUT2D eigenvalue weighted by Crippen LogP contribution is -2.35. The molecule has 1 aliphatic rings. The van der Waals surface area contributed by atoms with Crippen LogP contribution in [0.15, 0.2) is 47.4 Å². The minimum absolute atomic E-state index is 0.0892. The Labute approximate surface area is 155 Å². The van der Waals surface area contributed by atoms with Gasteiger partial charge in [0.15, 0.2) is 0 Å². The van der Waals surface area contributed by atoms with Crippen molar-refractivity contribution in [1.82, 2.24) is 0 Å². The molecule has 6 heteroatoms. The average molecular weight is 372 g/mol. The number of amides is 1. The Kier molecular flexibility index (Phi) is 5.05. The highest BCUT2D eigenvalue weighted by atomic mass is 32.2. The van der Waals surface area contributed by atoms with Gasteiger partial charge in [-0.25, -0.2) is 8.42 Å². The van der Waals surface area contributed by atoms with Gasteiger partial charge in [-0.1, -0.05) is 37.6 Å². The van der Waals surface area contributed by atoms with Crippen molar-refractivity contribution in [3.63, 3.8) is 0 Å². The number of rotatable bonds is 4. The standard InChI is InChI=1S/C20H24N2O3S/c1-14(2)20(23)21-17-9-8-16-5-4-12-22(19(16)13-17)26(24,25)18-10-6-15(3)7-11-18/h6-11,13-14H,4-5,12H2,1-3H3,(H,21,23). The molecule has 0 bridgehead atoms. The maximum absolute atomic E-state index is 13.1. The van der Waals surface area contributed by atoms with Crippen LogP contribution in [0, 0.1) is 12.8 Å². The summed E-state index contributed by atoms with van der Waals surface area (Å²) in [6.45, 7) is 6.00. The molecule has 2 aromatic rings. The van der Waals surface area contributed by atoms with Crippen LogP contribution in [0.2, 0.25) is 0 Å². The highest BCUT2D eigenvalue weighted by Crippen LogP contribution is 2.34. The molecule has 2 aromatic carbocycles. The van der Waals surface area contributed by atoms with Crippen molar-refractivity contribution < 1.29 is 13.2 Å². The Morgan fingerprint density at radius 3 is 2.46 bits per heavy atom. The zero-order valence-corrected chi connectivity index (χ0v) is 16.1. The van der Waals surface area contributed by atoms with Crippen LogP contribution >= 0.6 is 0 Å². The Morgan fingerprint density at radius 2 is 1.81 bits per heavy atom. The van der Waals surface area contributed by atoms with Gasteiger partial charge in [-0.15, -0.1) is 0 Å². The quantitative estimate of drug-likeness (QED) is 0.889. The second-order valence-corrected chi connectivity index (χ2v) is 8.84. The van der Waals surface area contributed by atoms with Crippen LogP contribution in [0.3, 0.4) is 0 Å². The second-order valence-electron chi connectivity index (χ2n) is 6.98. The van der Waals surface area contributed by atoms with Gasteiger partial charge in [0.1, 0.15) is 0 Å². The van der Waals surface area contributed by atoms with E-state index in [1.165, 1.54) is 4.31 Å². The molecule has 0 atom stereocenters. The summed E-state index contributed by atoms with van der Waals surface area (Å²) < 4.78 is 27.7. The number of sulfonamides is 1. The lowest BCUT2D eigenvalue weighted by molar-refractivity contribution is -0.118. The second kappa shape index (κ2) is 7.11. The first kappa shape index (κ1) is 18.5. The fourth-order valence-corrected chi connectivity index (χ4v) is 4.53. The molecular formula is C20H24N2O3S. The number of anilines is 2. The summed E-state index contributed by atoms with van der Waals surface area (Å²) >= 11 is 0. The molecular weight excluding hydrogens is 348 g/mol. The monoisotopic (exact) mass is 372 g/mol. The topological polar surface area (TPSA) is 66.5 Å². The van der Waals surface area contributed by atoms with Gasteiger partial charge in [-0.3, -0.25) is 9.10 Å². The fourth-order valence-electron chi connectivity index (χ4n) is 2.99. The summed E-state index contributed by atoms with van der Waals surface area (Å²) in [6.07, 6.45) is 1.60. The van der Waals surface area contributed by atoms with Crippen LogP contribution in [0.1, 0.15) is 31.4 Å². The Balaban J connectivity index is 1.99. The molecule has 1 aliphatic heterocycles. The zero-order chi connectivity index (χ0) is 18.9. The summed E-state index contributed by atoms with van der Waals surface area (Å²) in [6, 6.07) is 12.4. The van der Waals surface area contributed by atoms with Gasteiger partial charge in [0.2, 0.25) is 5.91 Å². The summed E-state index contributed by atoms with van der Waals surface area (Å²) in [5, 5.41) is 2.85. The predicted molar refractivity (Wildman–Crippen MR) is 104 cm³/mol. The van der Waals surface area contributed by atoms with Crippen LogP contribution in [0.25, 0.3) is 0 Å². The molecule has 5 nitrogen and oxygen atoms in total. The number of hydrogen-bond acceptors (Lipinski definition) is 3. The van der Waals surface area contributed by atoms with E-state index in [9.17, 15) is 13.2 Å². The van der Waals surface area contributed by atoms with Crippen molar-refractivity contribution >= 4 is 27.3 Å².